The van der Waals surface area contributed by atoms with E-state index < -0.39 is 35.1 Å². The number of ether oxygens (including phenoxy) is 1. The van der Waals surface area contributed by atoms with Gasteiger partial charge in [-0.25, -0.2) is 4.79 Å². The zero-order valence-corrected chi connectivity index (χ0v) is 22.8. The van der Waals surface area contributed by atoms with Crippen LogP contribution in [0.15, 0.2) is 36.4 Å². The maximum absolute atomic E-state index is 12.5. The van der Waals surface area contributed by atoms with Crippen LogP contribution < -0.4 is 16.0 Å². The van der Waals surface area contributed by atoms with Gasteiger partial charge in [0, 0.05) is 6.54 Å². The number of epoxide rings is 1. The number of allylic oxidation sites excluding steroid dienone is 1. The molecule has 1 aliphatic rings. The Kier molecular flexibility index (Phi) is 11.5. The summed E-state index contributed by atoms with van der Waals surface area (Å²) in [6.07, 6.45) is 4.89. The van der Waals surface area contributed by atoms with Crippen LogP contribution in [0.25, 0.3) is 0 Å². The molecule has 1 heterocycles. The molecule has 4 atom stereocenters. The standard InChI is InChI=1S/C28H41N3O7/c1-17(2)23(26(35)36)31-27(37)28(4,5)16-30-22(34)14-29-21(33)9-7-6-8-18(3)24-25(38-24)20-12-10-19(15-32)11-13-20/h7,9-13,17-18,23-25,32H,6,8,14-16H2,1-5H3,(H,29,33)(H,30,34)(H,31,37)(H,35,36)/b9-7+/t18-,23?,24?,25?/m0/s1. The van der Waals surface area contributed by atoms with E-state index in [1.54, 1.807) is 33.8 Å². The number of nitrogens with one attached hydrogen (secondary N) is 3. The summed E-state index contributed by atoms with van der Waals surface area (Å²) in [7, 11) is 0. The highest BCUT2D eigenvalue weighted by Gasteiger charge is 2.43. The van der Waals surface area contributed by atoms with Crippen molar-refractivity contribution in [1.29, 1.82) is 0 Å². The van der Waals surface area contributed by atoms with Crippen molar-refractivity contribution in [3.63, 3.8) is 0 Å². The molecule has 1 aromatic carbocycles. The number of benzene rings is 1. The fourth-order valence-electron chi connectivity index (χ4n) is 3.89. The molecule has 0 aliphatic carbocycles. The van der Waals surface area contributed by atoms with Gasteiger partial charge in [0.05, 0.1) is 24.7 Å². The highest BCUT2D eigenvalue weighted by atomic mass is 16.6. The van der Waals surface area contributed by atoms with E-state index in [0.717, 1.165) is 17.5 Å². The highest BCUT2D eigenvalue weighted by Crippen LogP contribution is 2.44. The number of aliphatic hydroxyl groups excluding tert-OH is 1. The largest absolute Gasteiger partial charge is 0.480 e. The van der Waals surface area contributed by atoms with Gasteiger partial charge in [-0.3, -0.25) is 14.4 Å². The summed E-state index contributed by atoms with van der Waals surface area (Å²) in [5.74, 6) is -2.43. The molecule has 0 aromatic heterocycles. The molecule has 0 bridgehead atoms. The summed E-state index contributed by atoms with van der Waals surface area (Å²) in [5.41, 5.74) is 0.923. The lowest BCUT2D eigenvalue weighted by Gasteiger charge is -2.27. The van der Waals surface area contributed by atoms with E-state index >= 15 is 0 Å². The topological polar surface area (TPSA) is 157 Å². The number of hydrogen-bond donors (Lipinski definition) is 5. The Morgan fingerprint density at radius 3 is 2.32 bits per heavy atom. The summed E-state index contributed by atoms with van der Waals surface area (Å²) in [5, 5.41) is 26.0. The maximum atomic E-state index is 12.5. The third-order valence-corrected chi connectivity index (χ3v) is 6.62. The molecule has 1 saturated heterocycles. The maximum Gasteiger partial charge on any atom is 0.326 e. The summed E-state index contributed by atoms with van der Waals surface area (Å²) in [6.45, 7) is 8.47. The molecule has 3 unspecified atom stereocenters. The van der Waals surface area contributed by atoms with Crippen molar-refractivity contribution in [3.8, 4) is 0 Å². The predicted molar refractivity (Wildman–Crippen MR) is 142 cm³/mol. The van der Waals surface area contributed by atoms with Gasteiger partial charge >= 0.3 is 5.97 Å². The molecule has 1 aliphatic heterocycles. The zero-order chi connectivity index (χ0) is 28.5. The van der Waals surface area contributed by atoms with Gasteiger partial charge in [0.15, 0.2) is 0 Å². The summed E-state index contributed by atoms with van der Waals surface area (Å²) >= 11 is 0. The molecule has 3 amide bonds. The lowest BCUT2D eigenvalue weighted by Crippen LogP contribution is -2.52. The summed E-state index contributed by atoms with van der Waals surface area (Å²) < 4.78 is 5.82. The first-order valence-corrected chi connectivity index (χ1v) is 13.0. The number of hydrogen-bond acceptors (Lipinski definition) is 6. The van der Waals surface area contributed by atoms with Gasteiger partial charge in [-0.05, 0) is 55.7 Å². The lowest BCUT2D eigenvalue weighted by atomic mass is 9.91. The van der Waals surface area contributed by atoms with E-state index in [4.69, 9.17) is 9.84 Å². The number of carboxylic acids is 1. The lowest BCUT2D eigenvalue weighted by molar-refractivity contribution is -0.144. The SMILES string of the molecule is CC(C)C(NC(=O)C(C)(C)CNC(=O)CNC(=O)/C=C/CC[C@H](C)C1OC1c1ccc(CO)cc1)C(=O)O. The molecule has 10 heteroatoms. The number of carbonyl (C=O) groups is 4. The first-order valence-electron chi connectivity index (χ1n) is 13.0. The van der Waals surface area contributed by atoms with Crippen molar-refractivity contribution < 1.29 is 34.1 Å². The molecule has 10 nitrogen and oxygen atoms in total. The molecule has 0 spiro atoms. The average molecular weight is 532 g/mol. The van der Waals surface area contributed by atoms with Gasteiger partial charge in [0.1, 0.15) is 12.1 Å². The van der Waals surface area contributed by atoms with E-state index in [1.807, 2.05) is 24.3 Å². The number of aliphatic carboxylic acids is 1. The van der Waals surface area contributed by atoms with Crippen LogP contribution in [0.2, 0.25) is 0 Å². The van der Waals surface area contributed by atoms with E-state index in [9.17, 15) is 24.3 Å². The van der Waals surface area contributed by atoms with Crippen molar-refractivity contribution >= 4 is 23.7 Å². The summed E-state index contributed by atoms with van der Waals surface area (Å²) in [6, 6.07) is 6.71. The van der Waals surface area contributed by atoms with Crippen LogP contribution in [0.5, 0.6) is 0 Å². The zero-order valence-electron chi connectivity index (χ0n) is 22.8. The highest BCUT2D eigenvalue weighted by molar-refractivity contribution is 5.91. The van der Waals surface area contributed by atoms with E-state index in [2.05, 4.69) is 22.9 Å². The Balaban J connectivity index is 1.65. The van der Waals surface area contributed by atoms with Crippen LogP contribution in [0, 0.1) is 17.3 Å². The number of amides is 3. The molecular weight excluding hydrogens is 490 g/mol. The first-order chi connectivity index (χ1) is 17.9. The van der Waals surface area contributed by atoms with E-state index in [-0.39, 0.29) is 37.8 Å². The van der Waals surface area contributed by atoms with Crippen LogP contribution in [-0.4, -0.2) is 59.1 Å². The predicted octanol–water partition coefficient (Wildman–Crippen LogP) is 2.08. The molecule has 5 N–H and O–H groups in total. The van der Waals surface area contributed by atoms with E-state index in [0.29, 0.717) is 12.3 Å². The Labute approximate surface area is 224 Å². The van der Waals surface area contributed by atoms with Crippen molar-refractivity contribution in [2.24, 2.45) is 17.3 Å². The third-order valence-electron chi connectivity index (χ3n) is 6.62. The quantitative estimate of drug-likeness (QED) is 0.171. The Morgan fingerprint density at radius 2 is 1.74 bits per heavy atom. The normalized spacial score (nSPS) is 18.6. The van der Waals surface area contributed by atoms with Crippen molar-refractivity contribution in [1.82, 2.24) is 16.0 Å². The Bertz CT molecular complexity index is 1000. The molecular formula is C28H41N3O7. The minimum Gasteiger partial charge on any atom is -0.480 e. The molecule has 210 valence electrons. The van der Waals surface area contributed by atoms with Crippen molar-refractivity contribution in [3.05, 3.63) is 47.5 Å². The second-order valence-corrected chi connectivity index (χ2v) is 10.8. The molecule has 38 heavy (non-hydrogen) atoms. The van der Waals surface area contributed by atoms with Gasteiger partial charge < -0.3 is 30.9 Å². The Morgan fingerprint density at radius 1 is 1.08 bits per heavy atom. The van der Waals surface area contributed by atoms with Gasteiger partial charge in [-0.2, -0.15) is 0 Å². The van der Waals surface area contributed by atoms with Crippen molar-refractivity contribution in [2.75, 3.05) is 13.1 Å². The molecule has 2 rings (SSSR count). The minimum absolute atomic E-state index is 0.0124. The number of carboxylic acid groups (broad SMARTS) is 1. The average Bonchev–Trinajstić information content (AvgIpc) is 3.68. The van der Waals surface area contributed by atoms with Crippen LogP contribution in [0.4, 0.5) is 0 Å². The number of aliphatic hydroxyl groups is 1. The molecule has 0 radical (unpaired) electrons. The monoisotopic (exact) mass is 531 g/mol. The van der Waals surface area contributed by atoms with Crippen LogP contribution in [-0.2, 0) is 30.5 Å². The fourth-order valence-corrected chi connectivity index (χ4v) is 3.89. The van der Waals surface area contributed by atoms with Gasteiger partial charge in [-0.15, -0.1) is 0 Å². The smallest absolute Gasteiger partial charge is 0.326 e. The fraction of sp³-hybridized carbons (Fsp3) is 0.571. The van der Waals surface area contributed by atoms with Crippen LogP contribution in [0.1, 0.15) is 64.7 Å². The van der Waals surface area contributed by atoms with E-state index in [1.165, 1.54) is 6.08 Å². The minimum atomic E-state index is -1.12. The third kappa shape index (κ3) is 9.57. The van der Waals surface area contributed by atoms with Gasteiger partial charge in [0.25, 0.3) is 0 Å². The van der Waals surface area contributed by atoms with Gasteiger partial charge in [-0.1, -0.05) is 51.1 Å². The Hall–Kier alpha value is -3.24. The van der Waals surface area contributed by atoms with Crippen LogP contribution >= 0.6 is 0 Å². The second-order valence-electron chi connectivity index (χ2n) is 10.8. The molecule has 0 saturated carbocycles. The second kappa shape index (κ2) is 14.1. The number of rotatable bonds is 15. The van der Waals surface area contributed by atoms with Crippen LogP contribution in [0.3, 0.4) is 0 Å². The molecule has 1 fully saturated rings. The van der Waals surface area contributed by atoms with Crippen molar-refractivity contribution in [2.45, 2.75) is 72.3 Å². The summed E-state index contributed by atoms with van der Waals surface area (Å²) in [4.78, 5) is 48.0. The van der Waals surface area contributed by atoms with Gasteiger partial charge in [0.2, 0.25) is 17.7 Å². The first kappa shape index (κ1) is 31.0. The number of carbonyl (C=O) groups excluding carboxylic acids is 3. The molecule has 1 aromatic rings.